The molecule has 0 N–H and O–H groups in total. The van der Waals surface area contributed by atoms with Gasteiger partial charge in [0.05, 0.1) is 11.0 Å². The second-order valence-electron chi connectivity index (χ2n) is 16.3. The summed E-state index contributed by atoms with van der Waals surface area (Å²) in [6.45, 7) is 4.66. The van der Waals surface area contributed by atoms with Gasteiger partial charge in [0.15, 0.2) is 11.6 Å². The Balaban J connectivity index is 0.00000432. The number of aromatic nitrogens is 5. The van der Waals surface area contributed by atoms with Gasteiger partial charge in [-0.15, -0.1) is 41.2 Å². The van der Waals surface area contributed by atoms with Crippen LogP contribution in [0.1, 0.15) is 25.0 Å². The van der Waals surface area contributed by atoms with Gasteiger partial charge in [0.2, 0.25) is 5.95 Å². The van der Waals surface area contributed by atoms with Crippen LogP contribution in [0, 0.1) is 6.07 Å². The van der Waals surface area contributed by atoms with Crippen molar-refractivity contribution in [2.75, 3.05) is 0 Å². The first-order chi connectivity index (χ1) is 30.0. The Kier molecular flexibility index (Phi) is 9.16. The Morgan fingerprint density at radius 2 is 1.23 bits per heavy atom. The van der Waals surface area contributed by atoms with E-state index in [9.17, 15) is 0 Å². The van der Waals surface area contributed by atoms with E-state index >= 15 is 0 Å². The molecule has 0 amide bonds. The first kappa shape index (κ1) is 38.1. The van der Waals surface area contributed by atoms with Crippen molar-refractivity contribution in [2.24, 2.45) is 0 Å². The first-order valence-electron chi connectivity index (χ1n) is 20.5. The van der Waals surface area contributed by atoms with Crippen LogP contribution in [-0.4, -0.2) is 24.5 Å². The molecular formula is C55H36IrN5S-. The topological polar surface area (TPSA) is 56.5 Å². The SMILES string of the molecule is CC1(C)c2ccccc2-c2cc3c4cc(-c5csc(-c6cc[c-]c(-c7cc8ccccc8cn7)c6)c5)ccc4n(-c4nc(-c5ccccc5)nc(-c5ccccc5)n4)c3cc21.[Ir]. The Hall–Kier alpha value is -6.89. The Bertz CT molecular complexity index is 3460. The van der Waals surface area contributed by atoms with Gasteiger partial charge in [-0.3, -0.25) is 4.57 Å². The summed E-state index contributed by atoms with van der Waals surface area (Å²) in [5.41, 5.74) is 14.4. The third kappa shape index (κ3) is 6.23. The van der Waals surface area contributed by atoms with Gasteiger partial charge >= 0.3 is 0 Å². The number of hydrogen-bond donors (Lipinski definition) is 0. The maximum Gasteiger partial charge on any atom is 0.238 e. The molecule has 0 spiro atoms. The van der Waals surface area contributed by atoms with E-state index in [-0.39, 0.29) is 25.5 Å². The average Bonchev–Trinajstić information content (AvgIpc) is 4.00. The molecule has 1 aliphatic carbocycles. The fourth-order valence-corrected chi connectivity index (χ4v) is 10.1. The Morgan fingerprint density at radius 3 is 2.00 bits per heavy atom. The molecule has 4 aromatic heterocycles. The largest absolute Gasteiger partial charge is 0.304 e. The van der Waals surface area contributed by atoms with Crippen LogP contribution in [0.2, 0.25) is 0 Å². The number of hydrogen-bond acceptors (Lipinski definition) is 5. The van der Waals surface area contributed by atoms with Gasteiger partial charge in [-0.05, 0) is 85.6 Å². The monoisotopic (exact) mass is 991 g/mol. The number of nitrogens with zero attached hydrogens (tertiary/aromatic N) is 5. The van der Waals surface area contributed by atoms with Crippen molar-refractivity contribution < 1.29 is 20.1 Å². The van der Waals surface area contributed by atoms with Gasteiger partial charge in [0.1, 0.15) is 0 Å². The minimum atomic E-state index is -0.178. The molecule has 0 saturated carbocycles. The molecule has 5 nitrogen and oxygen atoms in total. The van der Waals surface area contributed by atoms with Gasteiger partial charge in [0, 0.05) is 58.5 Å². The second kappa shape index (κ2) is 14.9. The van der Waals surface area contributed by atoms with E-state index in [0.717, 1.165) is 60.7 Å². The van der Waals surface area contributed by atoms with Gasteiger partial charge in [0.25, 0.3) is 0 Å². The van der Waals surface area contributed by atoms with Crippen LogP contribution in [0.5, 0.6) is 0 Å². The standard InChI is InChI=1S/C55H36N5S.Ir/c1-55(2)46-23-12-11-22-42(46)43-30-45-44-27-37(41-29-51(61-33-41)39-21-13-20-38(26-39)48-28-36-18-9-10-19-40(36)32-56-48)24-25-49(44)60(50(45)31-47(43)55)54-58-52(34-14-5-3-6-15-34)57-53(59-54)35-16-7-4-8-17-35;/h3-19,21-33H,1-2H3;/q-1;. The Labute approximate surface area is 376 Å². The number of benzene rings is 7. The van der Waals surface area contributed by atoms with Crippen molar-refractivity contribution in [1.82, 2.24) is 24.5 Å². The fourth-order valence-electron chi connectivity index (χ4n) is 9.14. The molecule has 0 aliphatic heterocycles. The summed E-state index contributed by atoms with van der Waals surface area (Å²) in [6, 6.07) is 63.4. The summed E-state index contributed by atoms with van der Waals surface area (Å²) in [7, 11) is 0. The molecule has 0 saturated heterocycles. The molecule has 12 rings (SSSR count). The van der Waals surface area contributed by atoms with Crippen molar-refractivity contribution in [2.45, 2.75) is 19.3 Å². The second-order valence-corrected chi connectivity index (χ2v) is 17.2. The number of thiophene rings is 1. The van der Waals surface area contributed by atoms with Crippen LogP contribution in [-0.2, 0) is 25.5 Å². The van der Waals surface area contributed by atoms with Crippen molar-refractivity contribution >= 4 is 43.9 Å². The molecule has 0 bridgehead atoms. The van der Waals surface area contributed by atoms with Crippen LogP contribution in [0.4, 0.5) is 0 Å². The molecular weight excluding hydrogens is 955 g/mol. The van der Waals surface area contributed by atoms with Gasteiger partial charge in [-0.2, -0.15) is 9.97 Å². The minimum Gasteiger partial charge on any atom is -0.304 e. The average molecular weight is 991 g/mol. The summed E-state index contributed by atoms with van der Waals surface area (Å²) < 4.78 is 2.25. The molecule has 1 aliphatic rings. The summed E-state index contributed by atoms with van der Waals surface area (Å²) in [5, 5.41) is 6.87. The van der Waals surface area contributed by atoms with E-state index in [0.29, 0.717) is 17.6 Å². The zero-order valence-corrected chi connectivity index (χ0v) is 37.0. The molecule has 297 valence electrons. The van der Waals surface area contributed by atoms with Crippen molar-refractivity contribution in [3.63, 3.8) is 0 Å². The minimum absolute atomic E-state index is 0. The first-order valence-corrected chi connectivity index (χ1v) is 21.4. The van der Waals surface area contributed by atoms with Crippen molar-refractivity contribution in [1.29, 1.82) is 0 Å². The Morgan fingerprint density at radius 1 is 0.532 bits per heavy atom. The zero-order chi connectivity index (χ0) is 40.7. The molecule has 0 unspecified atom stereocenters. The van der Waals surface area contributed by atoms with E-state index in [1.54, 1.807) is 11.3 Å². The number of rotatable bonds is 6. The van der Waals surface area contributed by atoms with E-state index in [4.69, 9.17) is 19.9 Å². The normalized spacial score (nSPS) is 12.7. The number of fused-ring (bicyclic) bond motifs is 7. The third-order valence-electron chi connectivity index (χ3n) is 12.3. The summed E-state index contributed by atoms with van der Waals surface area (Å²) in [4.78, 5) is 21.5. The van der Waals surface area contributed by atoms with E-state index < -0.39 is 0 Å². The smallest absolute Gasteiger partial charge is 0.238 e. The van der Waals surface area contributed by atoms with Crippen LogP contribution in [0.25, 0.3) is 105 Å². The van der Waals surface area contributed by atoms with Crippen LogP contribution in [0.15, 0.2) is 181 Å². The molecule has 0 fully saturated rings. The quantitative estimate of drug-likeness (QED) is 0.156. The van der Waals surface area contributed by atoms with Crippen LogP contribution < -0.4 is 0 Å². The van der Waals surface area contributed by atoms with Crippen LogP contribution >= 0.6 is 11.3 Å². The molecule has 0 atom stereocenters. The molecule has 7 aromatic carbocycles. The van der Waals surface area contributed by atoms with Gasteiger partial charge < -0.3 is 4.98 Å². The third-order valence-corrected chi connectivity index (χ3v) is 13.3. The van der Waals surface area contributed by atoms with Crippen molar-refractivity contribution in [3.8, 4) is 72.7 Å². The molecule has 7 heteroatoms. The van der Waals surface area contributed by atoms with Gasteiger partial charge in [-0.25, -0.2) is 4.98 Å². The fraction of sp³-hybridized carbons (Fsp3) is 0.0545. The molecule has 1 radical (unpaired) electrons. The molecule has 11 aromatic rings. The van der Waals surface area contributed by atoms with Crippen molar-refractivity contribution in [3.05, 3.63) is 199 Å². The van der Waals surface area contributed by atoms with E-state index in [1.807, 2.05) is 54.7 Å². The summed E-state index contributed by atoms with van der Waals surface area (Å²) in [6.07, 6.45) is 1.95. The molecule has 4 heterocycles. The van der Waals surface area contributed by atoms with Crippen LogP contribution in [0.3, 0.4) is 0 Å². The predicted octanol–water partition coefficient (Wildman–Crippen LogP) is 14.0. The summed E-state index contributed by atoms with van der Waals surface area (Å²) >= 11 is 1.76. The number of pyridine rings is 1. The summed E-state index contributed by atoms with van der Waals surface area (Å²) in [5.74, 6) is 1.85. The van der Waals surface area contributed by atoms with E-state index in [1.165, 1.54) is 38.1 Å². The van der Waals surface area contributed by atoms with E-state index in [2.05, 4.69) is 151 Å². The predicted molar refractivity (Wildman–Crippen MR) is 251 cm³/mol. The maximum atomic E-state index is 5.24. The maximum absolute atomic E-state index is 5.24. The molecule has 62 heavy (non-hydrogen) atoms. The van der Waals surface area contributed by atoms with Gasteiger partial charge in [-0.1, -0.05) is 141 Å². The zero-order valence-electron chi connectivity index (χ0n) is 33.8.